The van der Waals surface area contributed by atoms with Crippen LogP contribution in [0.1, 0.15) is 40.9 Å². The molecule has 0 saturated heterocycles. The van der Waals surface area contributed by atoms with Gasteiger partial charge in [0.2, 0.25) is 0 Å². The summed E-state index contributed by atoms with van der Waals surface area (Å²) in [5, 5.41) is 8.79. The van der Waals surface area contributed by atoms with Crippen molar-refractivity contribution < 1.29 is 14.3 Å². The van der Waals surface area contributed by atoms with Crippen LogP contribution in [-0.4, -0.2) is 18.4 Å². The molecule has 2 aromatic rings. The van der Waals surface area contributed by atoms with Gasteiger partial charge in [-0.25, -0.2) is 4.79 Å². The molecule has 4 nitrogen and oxygen atoms in total. The highest BCUT2D eigenvalue weighted by atomic mass is 16.5. The van der Waals surface area contributed by atoms with Crippen molar-refractivity contribution in [2.75, 3.05) is 6.61 Å². The standard InChI is InChI=1S/C21H19NO3/c1-15(2)14-25-20(23)12-7-16-3-8-18(9-4-16)21(24)19-10-5-17(13-22)6-11-19/h3-12,15H,14H2,1-2H3. The highest BCUT2D eigenvalue weighted by Crippen LogP contribution is 2.13. The van der Waals surface area contributed by atoms with Gasteiger partial charge in [0.25, 0.3) is 0 Å². The van der Waals surface area contributed by atoms with Gasteiger partial charge in [-0.1, -0.05) is 38.1 Å². The van der Waals surface area contributed by atoms with Crippen molar-refractivity contribution in [1.29, 1.82) is 5.26 Å². The van der Waals surface area contributed by atoms with E-state index in [0.717, 1.165) is 5.56 Å². The van der Waals surface area contributed by atoms with Crippen molar-refractivity contribution in [3.05, 3.63) is 76.9 Å². The fourth-order valence-corrected chi connectivity index (χ4v) is 2.07. The van der Waals surface area contributed by atoms with E-state index in [-0.39, 0.29) is 11.8 Å². The average Bonchev–Trinajstić information content (AvgIpc) is 2.64. The lowest BCUT2D eigenvalue weighted by Gasteiger charge is -2.04. The highest BCUT2D eigenvalue weighted by molar-refractivity contribution is 6.09. The molecule has 2 rings (SSSR count). The van der Waals surface area contributed by atoms with Crippen molar-refractivity contribution in [3.8, 4) is 6.07 Å². The summed E-state index contributed by atoms with van der Waals surface area (Å²) in [6.45, 7) is 4.34. The maximum atomic E-state index is 12.4. The molecule has 4 heteroatoms. The van der Waals surface area contributed by atoms with E-state index in [9.17, 15) is 9.59 Å². The van der Waals surface area contributed by atoms with E-state index >= 15 is 0 Å². The predicted molar refractivity (Wildman–Crippen MR) is 95.9 cm³/mol. The van der Waals surface area contributed by atoms with Crippen LogP contribution in [0.2, 0.25) is 0 Å². The van der Waals surface area contributed by atoms with Crippen LogP contribution in [0.25, 0.3) is 6.08 Å². The second-order valence-corrected chi connectivity index (χ2v) is 6.00. The zero-order valence-corrected chi connectivity index (χ0v) is 14.2. The Labute approximate surface area is 147 Å². The van der Waals surface area contributed by atoms with Crippen LogP contribution in [0.4, 0.5) is 0 Å². The fraction of sp³-hybridized carbons (Fsp3) is 0.190. The van der Waals surface area contributed by atoms with Crippen molar-refractivity contribution in [2.45, 2.75) is 13.8 Å². The third-order valence-electron chi connectivity index (χ3n) is 3.42. The Morgan fingerprint density at radius 1 is 1.04 bits per heavy atom. The van der Waals surface area contributed by atoms with Gasteiger partial charge < -0.3 is 4.74 Å². The number of nitriles is 1. The Morgan fingerprint density at radius 2 is 1.60 bits per heavy atom. The summed E-state index contributed by atoms with van der Waals surface area (Å²) in [6.07, 6.45) is 3.03. The Balaban J connectivity index is 2.02. The molecule has 0 aliphatic rings. The SMILES string of the molecule is CC(C)COC(=O)C=Cc1ccc(C(=O)c2ccc(C#N)cc2)cc1. The summed E-state index contributed by atoms with van der Waals surface area (Å²) in [7, 11) is 0. The molecule has 126 valence electrons. The average molecular weight is 333 g/mol. The monoisotopic (exact) mass is 333 g/mol. The molecule has 0 fully saturated rings. The van der Waals surface area contributed by atoms with E-state index in [2.05, 4.69) is 0 Å². The number of ether oxygens (including phenoxy) is 1. The fourth-order valence-electron chi connectivity index (χ4n) is 2.07. The van der Waals surface area contributed by atoms with Crippen LogP contribution in [-0.2, 0) is 9.53 Å². The zero-order valence-electron chi connectivity index (χ0n) is 14.2. The number of benzene rings is 2. The second-order valence-electron chi connectivity index (χ2n) is 6.00. The maximum Gasteiger partial charge on any atom is 0.330 e. The Bertz CT molecular complexity index is 810. The third kappa shape index (κ3) is 5.43. The Kier molecular flexibility index (Phi) is 6.25. The minimum Gasteiger partial charge on any atom is -0.462 e. The number of carbonyl (C=O) groups is 2. The van der Waals surface area contributed by atoms with Gasteiger partial charge in [0.05, 0.1) is 18.2 Å². The highest BCUT2D eigenvalue weighted by Gasteiger charge is 2.08. The van der Waals surface area contributed by atoms with Gasteiger partial charge >= 0.3 is 5.97 Å². The van der Waals surface area contributed by atoms with Crippen molar-refractivity contribution in [3.63, 3.8) is 0 Å². The van der Waals surface area contributed by atoms with Gasteiger partial charge in [0.15, 0.2) is 5.78 Å². The van der Waals surface area contributed by atoms with Crippen LogP contribution in [0.15, 0.2) is 54.6 Å². The van der Waals surface area contributed by atoms with Gasteiger partial charge in [0, 0.05) is 17.2 Å². The van der Waals surface area contributed by atoms with Crippen molar-refractivity contribution in [2.24, 2.45) is 5.92 Å². The molecule has 0 saturated carbocycles. The van der Waals surface area contributed by atoms with E-state index in [1.54, 1.807) is 54.6 Å². The molecule has 0 amide bonds. The van der Waals surface area contributed by atoms with E-state index < -0.39 is 0 Å². The lowest BCUT2D eigenvalue weighted by Crippen LogP contribution is -2.06. The smallest absolute Gasteiger partial charge is 0.330 e. The maximum absolute atomic E-state index is 12.4. The number of hydrogen-bond acceptors (Lipinski definition) is 4. The lowest BCUT2D eigenvalue weighted by atomic mass is 10.0. The first-order valence-electron chi connectivity index (χ1n) is 7.99. The summed E-state index contributed by atoms with van der Waals surface area (Å²) in [5.74, 6) is -0.201. The van der Waals surface area contributed by atoms with E-state index in [4.69, 9.17) is 10.00 Å². The van der Waals surface area contributed by atoms with Crippen LogP contribution in [0.5, 0.6) is 0 Å². The number of hydrogen-bond donors (Lipinski definition) is 0. The third-order valence-corrected chi connectivity index (χ3v) is 3.42. The normalized spacial score (nSPS) is 10.6. The van der Waals surface area contributed by atoms with E-state index in [1.165, 1.54) is 6.08 Å². The molecule has 0 bridgehead atoms. The first-order valence-corrected chi connectivity index (χ1v) is 7.99. The van der Waals surface area contributed by atoms with Crippen LogP contribution in [0, 0.1) is 17.2 Å². The van der Waals surface area contributed by atoms with Crippen LogP contribution in [0.3, 0.4) is 0 Å². The van der Waals surface area contributed by atoms with Crippen molar-refractivity contribution >= 4 is 17.8 Å². The summed E-state index contributed by atoms with van der Waals surface area (Å²) < 4.78 is 5.06. The van der Waals surface area contributed by atoms with Gasteiger partial charge in [-0.15, -0.1) is 0 Å². The topological polar surface area (TPSA) is 67.2 Å². The molecule has 0 aliphatic carbocycles. The van der Waals surface area contributed by atoms with Gasteiger partial charge in [-0.2, -0.15) is 5.26 Å². The minimum absolute atomic E-state index is 0.114. The quantitative estimate of drug-likeness (QED) is 0.455. The molecule has 0 aromatic heterocycles. The number of rotatable bonds is 6. The molecular weight excluding hydrogens is 314 g/mol. The molecule has 2 aromatic carbocycles. The first-order chi connectivity index (χ1) is 12.0. The number of nitrogens with zero attached hydrogens (tertiary/aromatic N) is 1. The van der Waals surface area contributed by atoms with Gasteiger partial charge in [-0.05, 0) is 41.8 Å². The Morgan fingerprint density at radius 3 is 2.12 bits per heavy atom. The van der Waals surface area contributed by atoms with Gasteiger partial charge in [-0.3, -0.25) is 4.79 Å². The number of esters is 1. The van der Waals surface area contributed by atoms with Gasteiger partial charge in [0.1, 0.15) is 0 Å². The zero-order chi connectivity index (χ0) is 18.2. The molecule has 25 heavy (non-hydrogen) atoms. The predicted octanol–water partition coefficient (Wildman–Crippen LogP) is 4.00. The molecule has 0 aliphatic heterocycles. The largest absolute Gasteiger partial charge is 0.462 e. The lowest BCUT2D eigenvalue weighted by molar-refractivity contribution is -0.138. The molecular formula is C21H19NO3. The molecule has 0 atom stereocenters. The van der Waals surface area contributed by atoms with Crippen molar-refractivity contribution in [1.82, 2.24) is 0 Å². The summed E-state index contributed by atoms with van der Waals surface area (Å²) in [6, 6.07) is 15.5. The molecule has 0 unspecified atom stereocenters. The summed E-state index contributed by atoms with van der Waals surface area (Å²) >= 11 is 0. The second kappa shape index (κ2) is 8.60. The summed E-state index contributed by atoms with van der Waals surface area (Å²) in [5.41, 5.74) is 2.39. The summed E-state index contributed by atoms with van der Waals surface area (Å²) in [4.78, 5) is 23.9. The number of ketones is 1. The van der Waals surface area contributed by atoms with Crippen LogP contribution >= 0.6 is 0 Å². The van der Waals surface area contributed by atoms with E-state index in [0.29, 0.717) is 29.2 Å². The molecule has 0 heterocycles. The number of carbonyl (C=O) groups excluding carboxylic acids is 2. The van der Waals surface area contributed by atoms with Crippen LogP contribution < -0.4 is 0 Å². The van der Waals surface area contributed by atoms with E-state index in [1.807, 2.05) is 19.9 Å². The Hall–Kier alpha value is -3.19. The minimum atomic E-state index is -0.383. The molecule has 0 N–H and O–H groups in total. The molecule has 0 spiro atoms. The molecule has 0 radical (unpaired) electrons. The first kappa shape index (κ1) is 18.2.